The number of hydrogen-bond acceptors (Lipinski definition) is 6. The van der Waals surface area contributed by atoms with Gasteiger partial charge in [-0.2, -0.15) is 0 Å². The summed E-state index contributed by atoms with van der Waals surface area (Å²) in [7, 11) is -3.67. The number of benzene rings is 2. The molecule has 0 radical (unpaired) electrons. The second-order valence-electron chi connectivity index (χ2n) is 8.13. The Balaban J connectivity index is 1.72. The Kier molecular flexibility index (Phi) is 5.10. The summed E-state index contributed by atoms with van der Waals surface area (Å²) >= 11 is 1.69. The van der Waals surface area contributed by atoms with Crippen LogP contribution < -0.4 is 5.73 Å². The fourth-order valence-corrected chi connectivity index (χ4v) is 5.99. The van der Waals surface area contributed by atoms with Crippen molar-refractivity contribution < 1.29 is 8.42 Å². The molecule has 168 valence electrons. The molecular formula is C24H23N5O2S2. The SMILES string of the molecule is Cc1cccc(-n2cncc2-c2ccc3nc(N)n(S(=O)(=O)C(C)C)c3c2)c1-c1cccs1. The van der Waals surface area contributed by atoms with E-state index in [1.807, 2.05) is 28.8 Å². The van der Waals surface area contributed by atoms with Gasteiger partial charge in [-0.3, -0.25) is 4.57 Å². The molecule has 5 aromatic rings. The quantitative estimate of drug-likeness (QED) is 0.380. The molecule has 2 aromatic carbocycles. The smallest absolute Gasteiger partial charge is 0.244 e. The van der Waals surface area contributed by atoms with Gasteiger partial charge in [-0.05, 0) is 56.0 Å². The Hall–Kier alpha value is -3.43. The molecule has 0 aliphatic heterocycles. The van der Waals surface area contributed by atoms with Crippen molar-refractivity contribution in [2.45, 2.75) is 26.0 Å². The minimum absolute atomic E-state index is 0.0389. The molecule has 3 aromatic heterocycles. The lowest BCUT2D eigenvalue weighted by Crippen LogP contribution is -2.23. The molecule has 0 aliphatic rings. The molecule has 9 heteroatoms. The number of fused-ring (bicyclic) bond motifs is 1. The van der Waals surface area contributed by atoms with E-state index in [0.29, 0.717) is 11.0 Å². The minimum Gasteiger partial charge on any atom is -0.368 e. The molecular weight excluding hydrogens is 454 g/mol. The molecule has 0 saturated heterocycles. The summed E-state index contributed by atoms with van der Waals surface area (Å²) in [5.41, 5.74) is 12.0. The highest BCUT2D eigenvalue weighted by atomic mass is 32.2. The van der Waals surface area contributed by atoms with Gasteiger partial charge in [0.2, 0.25) is 16.0 Å². The highest BCUT2D eigenvalue weighted by molar-refractivity contribution is 7.90. The summed E-state index contributed by atoms with van der Waals surface area (Å²) in [5.74, 6) is -0.0389. The number of nitrogens with two attached hydrogens (primary N) is 1. The van der Waals surface area contributed by atoms with Gasteiger partial charge in [0.05, 0.1) is 40.2 Å². The molecule has 0 spiro atoms. The Morgan fingerprint density at radius 3 is 2.64 bits per heavy atom. The van der Waals surface area contributed by atoms with Crippen LogP contribution in [0.15, 0.2) is 66.4 Å². The number of anilines is 1. The molecule has 0 amide bonds. The molecule has 7 nitrogen and oxygen atoms in total. The van der Waals surface area contributed by atoms with Gasteiger partial charge >= 0.3 is 0 Å². The highest BCUT2D eigenvalue weighted by Gasteiger charge is 2.25. The van der Waals surface area contributed by atoms with E-state index in [-0.39, 0.29) is 5.95 Å². The number of nitrogen functional groups attached to an aromatic ring is 1. The predicted octanol–water partition coefficient (Wildman–Crippen LogP) is 5.09. The van der Waals surface area contributed by atoms with Crippen molar-refractivity contribution in [1.29, 1.82) is 0 Å². The number of imidazole rings is 2. The second kappa shape index (κ2) is 7.86. The van der Waals surface area contributed by atoms with Crippen LogP contribution in [0.4, 0.5) is 5.95 Å². The summed E-state index contributed by atoms with van der Waals surface area (Å²) in [6.07, 6.45) is 3.56. The van der Waals surface area contributed by atoms with Crippen molar-refractivity contribution in [3.8, 4) is 27.4 Å². The lowest BCUT2D eigenvalue weighted by molar-refractivity contribution is 0.580. The number of thiophene rings is 1. The monoisotopic (exact) mass is 477 g/mol. The average Bonchev–Trinajstić information content (AvgIpc) is 3.52. The zero-order valence-electron chi connectivity index (χ0n) is 18.4. The predicted molar refractivity (Wildman–Crippen MR) is 134 cm³/mol. The number of aryl methyl sites for hydroxylation is 1. The largest absolute Gasteiger partial charge is 0.368 e. The fourth-order valence-electron chi connectivity index (χ4n) is 4.01. The van der Waals surface area contributed by atoms with Crippen LogP contribution in [0.2, 0.25) is 0 Å². The van der Waals surface area contributed by atoms with Crippen LogP contribution in [0.1, 0.15) is 19.4 Å². The van der Waals surface area contributed by atoms with Gasteiger partial charge in [0, 0.05) is 16.0 Å². The van der Waals surface area contributed by atoms with E-state index < -0.39 is 15.3 Å². The van der Waals surface area contributed by atoms with E-state index in [1.54, 1.807) is 43.8 Å². The standard InChI is InChI=1S/C24H23N5O2S2/c1-15(2)33(30,31)29-20-12-17(9-10-18(20)27-24(29)25)21-13-26-14-28(21)19-7-4-6-16(3)23(19)22-8-5-11-32-22/h4-15H,1-3H3,(H2,25,27). The van der Waals surface area contributed by atoms with Gasteiger partial charge in [0.15, 0.2) is 0 Å². The first-order valence-electron chi connectivity index (χ1n) is 10.5. The number of rotatable bonds is 5. The van der Waals surface area contributed by atoms with Gasteiger partial charge < -0.3 is 5.73 Å². The number of aromatic nitrogens is 4. The molecule has 0 bridgehead atoms. The third-order valence-electron chi connectivity index (χ3n) is 5.70. The molecule has 2 N–H and O–H groups in total. The Morgan fingerprint density at radius 1 is 1.09 bits per heavy atom. The van der Waals surface area contributed by atoms with E-state index in [9.17, 15) is 8.42 Å². The highest BCUT2D eigenvalue weighted by Crippen LogP contribution is 2.36. The molecule has 0 unspecified atom stereocenters. The normalized spacial score (nSPS) is 12.1. The topological polar surface area (TPSA) is 95.8 Å². The first-order valence-corrected chi connectivity index (χ1v) is 12.9. The first-order chi connectivity index (χ1) is 15.8. The molecule has 0 fully saturated rings. The van der Waals surface area contributed by atoms with Crippen molar-refractivity contribution in [3.05, 3.63) is 72.0 Å². The third kappa shape index (κ3) is 3.44. The summed E-state index contributed by atoms with van der Waals surface area (Å²) in [4.78, 5) is 9.85. The zero-order chi connectivity index (χ0) is 23.3. The number of nitrogens with zero attached hydrogens (tertiary/aromatic N) is 4. The van der Waals surface area contributed by atoms with E-state index in [4.69, 9.17) is 5.73 Å². The summed E-state index contributed by atoms with van der Waals surface area (Å²) in [6.45, 7) is 5.35. The lowest BCUT2D eigenvalue weighted by atomic mass is 10.0. The molecule has 0 atom stereocenters. The van der Waals surface area contributed by atoms with E-state index in [2.05, 4.69) is 40.5 Å². The second-order valence-corrected chi connectivity index (χ2v) is 11.4. The number of hydrogen-bond donors (Lipinski definition) is 1. The summed E-state index contributed by atoms with van der Waals surface area (Å²) in [5, 5.41) is 1.43. The van der Waals surface area contributed by atoms with Gasteiger partial charge in [-0.25, -0.2) is 22.4 Å². The van der Waals surface area contributed by atoms with Crippen LogP contribution in [0.5, 0.6) is 0 Å². The first kappa shape index (κ1) is 21.4. The van der Waals surface area contributed by atoms with Crippen LogP contribution in [-0.2, 0) is 10.0 Å². The molecule has 5 rings (SSSR count). The zero-order valence-corrected chi connectivity index (χ0v) is 20.1. The van der Waals surface area contributed by atoms with Crippen molar-refractivity contribution in [3.63, 3.8) is 0 Å². The van der Waals surface area contributed by atoms with Gasteiger partial charge in [-0.15, -0.1) is 11.3 Å². The van der Waals surface area contributed by atoms with Gasteiger partial charge in [0.25, 0.3) is 0 Å². The van der Waals surface area contributed by atoms with E-state index in [0.717, 1.165) is 26.5 Å². The molecule has 3 heterocycles. The molecule has 0 saturated carbocycles. The van der Waals surface area contributed by atoms with Crippen LogP contribution in [0.25, 0.3) is 38.4 Å². The van der Waals surface area contributed by atoms with Crippen molar-refractivity contribution in [1.82, 2.24) is 18.5 Å². The van der Waals surface area contributed by atoms with Crippen molar-refractivity contribution in [2.24, 2.45) is 0 Å². The van der Waals surface area contributed by atoms with Crippen LogP contribution in [0.3, 0.4) is 0 Å². The fraction of sp³-hybridized carbons (Fsp3) is 0.167. The third-order valence-corrected chi connectivity index (χ3v) is 8.67. The molecule has 33 heavy (non-hydrogen) atoms. The average molecular weight is 478 g/mol. The van der Waals surface area contributed by atoms with Gasteiger partial charge in [0.1, 0.15) is 0 Å². The van der Waals surface area contributed by atoms with Crippen molar-refractivity contribution in [2.75, 3.05) is 5.73 Å². The van der Waals surface area contributed by atoms with E-state index in [1.165, 1.54) is 10.4 Å². The Bertz CT molecular complexity index is 1580. The summed E-state index contributed by atoms with van der Waals surface area (Å²) < 4.78 is 29.1. The lowest BCUT2D eigenvalue weighted by Gasteiger charge is -2.15. The van der Waals surface area contributed by atoms with Crippen molar-refractivity contribution >= 4 is 38.3 Å². The van der Waals surface area contributed by atoms with Gasteiger partial charge in [-0.1, -0.05) is 24.3 Å². The van der Waals surface area contributed by atoms with Crippen LogP contribution in [-0.4, -0.2) is 32.2 Å². The Labute approximate surface area is 196 Å². The maximum atomic E-state index is 13.0. The minimum atomic E-state index is -3.67. The summed E-state index contributed by atoms with van der Waals surface area (Å²) in [6, 6.07) is 15.9. The van der Waals surface area contributed by atoms with Crippen LogP contribution in [0, 0.1) is 6.92 Å². The maximum Gasteiger partial charge on any atom is 0.244 e. The van der Waals surface area contributed by atoms with Crippen LogP contribution >= 0.6 is 11.3 Å². The Morgan fingerprint density at radius 2 is 1.91 bits per heavy atom. The molecule has 0 aliphatic carbocycles. The maximum absolute atomic E-state index is 13.0. The van der Waals surface area contributed by atoms with E-state index >= 15 is 0 Å².